The molecule has 2 unspecified atom stereocenters. The molecule has 0 saturated carbocycles. The Morgan fingerprint density at radius 1 is 1.00 bits per heavy atom. The summed E-state index contributed by atoms with van der Waals surface area (Å²) in [6.07, 6.45) is 1.42. The molecule has 0 aromatic heterocycles. The molecule has 8 heteroatoms. The number of nitrogens with zero attached hydrogens (tertiary/aromatic N) is 1. The van der Waals surface area contributed by atoms with Crippen molar-refractivity contribution in [1.29, 1.82) is 0 Å². The molecule has 3 aromatic carbocycles. The van der Waals surface area contributed by atoms with E-state index in [9.17, 15) is 19.5 Å². The highest BCUT2D eigenvalue weighted by atomic mass is 32.2. The lowest BCUT2D eigenvalue weighted by Crippen LogP contribution is -2.52. The molecule has 0 radical (unpaired) electrons. The molecule has 3 heterocycles. The fourth-order valence-electron chi connectivity index (χ4n) is 6.85. The van der Waals surface area contributed by atoms with Gasteiger partial charge in [-0.3, -0.25) is 14.4 Å². The molecule has 0 aliphatic carbocycles. The van der Waals surface area contributed by atoms with Crippen LogP contribution in [0, 0.1) is 11.8 Å². The maximum Gasteiger partial charge on any atom is 0.248 e. The number of rotatable bonds is 7. The summed E-state index contributed by atoms with van der Waals surface area (Å²) < 4.78 is -1.15. The zero-order valence-corrected chi connectivity index (χ0v) is 22.0. The zero-order chi connectivity index (χ0) is 26.5. The van der Waals surface area contributed by atoms with Gasteiger partial charge in [0, 0.05) is 23.5 Å². The number of aliphatic hydroxyl groups excluding tert-OH is 1. The third-order valence-electron chi connectivity index (χ3n) is 8.47. The van der Waals surface area contributed by atoms with E-state index >= 15 is 0 Å². The van der Waals surface area contributed by atoms with Crippen LogP contribution in [0.4, 0.5) is 5.69 Å². The predicted molar refractivity (Wildman–Crippen MR) is 148 cm³/mol. The first-order chi connectivity index (χ1) is 18.4. The smallest absolute Gasteiger partial charge is 0.248 e. The summed E-state index contributed by atoms with van der Waals surface area (Å²) in [4.78, 5) is 42.9. The summed E-state index contributed by atoms with van der Waals surface area (Å²) in [7, 11) is 0. The molecule has 38 heavy (non-hydrogen) atoms. The highest BCUT2D eigenvalue weighted by Crippen LogP contribution is 2.71. The number of amides is 3. The Hall–Kier alpha value is -3.36. The van der Waals surface area contributed by atoms with Crippen molar-refractivity contribution in [1.82, 2.24) is 10.2 Å². The van der Waals surface area contributed by atoms with Crippen molar-refractivity contribution < 1.29 is 19.5 Å². The van der Waals surface area contributed by atoms with Crippen molar-refractivity contribution >= 4 is 45.9 Å². The van der Waals surface area contributed by atoms with Crippen LogP contribution in [0.15, 0.2) is 72.8 Å². The first-order valence-corrected chi connectivity index (χ1v) is 13.9. The second-order valence-electron chi connectivity index (χ2n) is 10.7. The van der Waals surface area contributed by atoms with Gasteiger partial charge in [-0.15, -0.1) is 11.8 Å². The lowest BCUT2D eigenvalue weighted by molar-refractivity contribution is -0.140. The number of thioether (sulfide) groups is 1. The second-order valence-corrected chi connectivity index (χ2v) is 12.6. The molecule has 3 amide bonds. The Morgan fingerprint density at radius 2 is 1.74 bits per heavy atom. The normalized spacial score (nSPS) is 29.5. The molecule has 3 aliphatic rings. The number of carbonyl (C=O) groups is 3. The molecular formula is C30H31N3O4S. The van der Waals surface area contributed by atoms with E-state index < -0.39 is 27.4 Å². The van der Waals surface area contributed by atoms with Crippen LogP contribution < -0.4 is 10.6 Å². The van der Waals surface area contributed by atoms with Crippen molar-refractivity contribution in [2.24, 2.45) is 11.8 Å². The summed E-state index contributed by atoms with van der Waals surface area (Å²) in [5.41, 5.74) is 1.65. The van der Waals surface area contributed by atoms with Crippen molar-refractivity contribution in [2.45, 2.75) is 41.8 Å². The highest BCUT2D eigenvalue weighted by molar-refractivity contribution is 8.02. The van der Waals surface area contributed by atoms with Gasteiger partial charge in [0.1, 0.15) is 6.04 Å². The number of hydrogen-bond acceptors (Lipinski definition) is 5. The van der Waals surface area contributed by atoms with E-state index in [4.69, 9.17) is 0 Å². The van der Waals surface area contributed by atoms with Crippen LogP contribution >= 0.6 is 11.8 Å². The van der Waals surface area contributed by atoms with Crippen molar-refractivity contribution in [3.63, 3.8) is 0 Å². The quantitative estimate of drug-likeness (QED) is 0.435. The molecular weight excluding hydrogens is 498 g/mol. The number of β-amino-alcohol motifs (C(OH)–C–C–N with tert-alkyl or cyclic N) is 1. The van der Waals surface area contributed by atoms with Crippen LogP contribution in [0.3, 0.4) is 0 Å². The number of fused-ring (bicyclic) bond motifs is 2. The number of aliphatic hydroxyl groups is 1. The minimum absolute atomic E-state index is 0.0581. The van der Waals surface area contributed by atoms with Crippen LogP contribution in [0.5, 0.6) is 0 Å². The number of carbonyl (C=O) groups excluding carboxylic acids is 3. The van der Waals surface area contributed by atoms with E-state index in [1.165, 1.54) is 4.90 Å². The molecule has 3 fully saturated rings. The third-order valence-corrected chi connectivity index (χ3v) is 10.5. The predicted octanol–water partition coefficient (Wildman–Crippen LogP) is 3.57. The molecule has 3 aliphatic heterocycles. The van der Waals surface area contributed by atoms with Crippen LogP contribution in [0.25, 0.3) is 10.8 Å². The third kappa shape index (κ3) is 3.89. The topological polar surface area (TPSA) is 98.7 Å². The highest BCUT2D eigenvalue weighted by Gasteiger charge is 2.77. The number of nitrogens with one attached hydrogen (secondary N) is 2. The van der Waals surface area contributed by atoms with Gasteiger partial charge in [-0.05, 0) is 48.2 Å². The van der Waals surface area contributed by atoms with Gasteiger partial charge >= 0.3 is 0 Å². The first-order valence-electron chi connectivity index (χ1n) is 13.1. The van der Waals surface area contributed by atoms with Gasteiger partial charge in [-0.25, -0.2) is 0 Å². The molecule has 2 bridgehead atoms. The standard InChI is InChI=1S/C30H31N3O4S/c1-29-13-14-30(38-29)24(23(29)26(35)31-18-19-7-3-2-4-8-19)28(37)33(15-16-34)25(30)27(36)32-22-12-11-20-9-5-6-10-21(20)17-22/h2-12,17,23-25,34H,13-16,18H2,1H3,(H,31,35)(H,32,36)/t23-,24-,25?,29+,30?/m0/s1. The molecule has 5 atom stereocenters. The summed E-state index contributed by atoms with van der Waals surface area (Å²) in [5.74, 6) is -1.79. The summed E-state index contributed by atoms with van der Waals surface area (Å²) >= 11 is 1.63. The largest absolute Gasteiger partial charge is 0.395 e. The van der Waals surface area contributed by atoms with Crippen LogP contribution in [0.1, 0.15) is 25.3 Å². The fraction of sp³-hybridized carbons (Fsp3) is 0.367. The summed E-state index contributed by atoms with van der Waals surface area (Å²) in [6.45, 7) is 2.25. The lowest BCUT2D eigenvalue weighted by atomic mass is 9.66. The van der Waals surface area contributed by atoms with Crippen LogP contribution in [-0.2, 0) is 20.9 Å². The Balaban J connectivity index is 1.30. The SMILES string of the molecule is C[C@]12CCC3(S1)C(C(=O)Nc1ccc4ccccc4c1)N(CCO)C(=O)[C@@H]3[C@H]2C(=O)NCc1ccccc1. The number of benzene rings is 3. The number of hydrogen-bond donors (Lipinski definition) is 3. The molecule has 3 aromatic rings. The van der Waals surface area contributed by atoms with Gasteiger partial charge in [-0.2, -0.15) is 0 Å². The number of likely N-dealkylation sites (tertiary alicyclic amines) is 1. The van der Waals surface area contributed by atoms with Gasteiger partial charge in [0.05, 0.1) is 23.2 Å². The molecule has 7 nitrogen and oxygen atoms in total. The first kappa shape index (κ1) is 24.9. The van der Waals surface area contributed by atoms with Gasteiger partial charge in [0.25, 0.3) is 0 Å². The second kappa shape index (κ2) is 9.43. The lowest BCUT2D eigenvalue weighted by Gasteiger charge is -2.34. The number of anilines is 1. The molecule has 196 valence electrons. The van der Waals surface area contributed by atoms with Gasteiger partial charge in [0.15, 0.2) is 0 Å². The zero-order valence-electron chi connectivity index (χ0n) is 21.2. The maximum atomic E-state index is 13.9. The van der Waals surface area contributed by atoms with E-state index in [1.807, 2.05) is 72.8 Å². The van der Waals surface area contributed by atoms with Crippen molar-refractivity contribution in [2.75, 3.05) is 18.5 Å². The Kier molecular flexibility index (Phi) is 6.19. The van der Waals surface area contributed by atoms with Gasteiger partial charge in [0.2, 0.25) is 17.7 Å². The average Bonchev–Trinajstić information content (AvgIpc) is 3.49. The summed E-state index contributed by atoms with van der Waals surface area (Å²) in [6, 6.07) is 22.6. The van der Waals surface area contributed by atoms with Gasteiger partial charge < -0.3 is 20.6 Å². The van der Waals surface area contributed by atoms with E-state index in [0.29, 0.717) is 18.7 Å². The molecule has 3 saturated heterocycles. The summed E-state index contributed by atoms with van der Waals surface area (Å²) in [5, 5.41) is 18.0. The van der Waals surface area contributed by atoms with E-state index in [0.717, 1.165) is 22.8 Å². The van der Waals surface area contributed by atoms with Crippen LogP contribution in [-0.4, -0.2) is 56.4 Å². The van der Waals surface area contributed by atoms with E-state index in [-0.39, 0.29) is 30.9 Å². The minimum atomic E-state index is -0.766. The monoisotopic (exact) mass is 529 g/mol. The maximum absolute atomic E-state index is 13.9. The molecule has 1 spiro atoms. The molecule has 3 N–H and O–H groups in total. The van der Waals surface area contributed by atoms with Crippen LogP contribution in [0.2, 0.25) is 0 Å². The molecule has 6 rings (SSSR count). The Bertz CT molecular complexity index is 1410. The van der Waals surface area contributed by atoms with Crippen molar-refractivity contribution in [3.8, 4) is 0 Å². The van der Waals surface area contributed by atoms with Crippen molar-refractivity contribution in [3.05, 3.63) is 78.4 Å². The minimum Gasteiger partial charge on any atom is -0.395 e. The fourth-order valence-corrected chi connectivity index (χ4v) is 9.20. The average molecular weight is 530 g/mol. The van der Waals surface area contributed by atoms with E-state index in [2.05, 4.69) is 17.6 Å². The van der Waals surface area contributed by atoms with E-state index in [1.54, 1.807) is 11.8 Å². The Morgan fingerprint density at radius 3 is 2.50 bits per heavy atom. The Labute approximate surface area is 226 Å². The van der Waals surface area contributed by atoms with Gasteiger partial charge in [-0.1, -0.05) is 60.7 Å².